The summed E-state index contributed by atoms with van der Waals surface area (Å²) in [6.45, 7) is 0. The Morgan fingerprint density at radius 2 is 1.43 bits per heavy atom. The van der Waals surface area contributed by atoms with Crippen LogP contribution in [0.4, 0.5) is 0 Å². The summed E-state index contributed by atoms with van der Waals surface area (Å²) in [4.78, 5) is 0. The molecule has 1 heteroatoms. The lowest BCUT2D eigenvalue weighted by atomic mass is 10.1. The van der Waals surface area contributed by atoms with E-state index in [4.69, 9.17) is 0 Å². The van der Waals surface area contributed by atoms with E-state index in [1.54, 1.807) is 0 Å². The van der Waals surface area contributed by atoms with Crippen molar-refractivity contribution in [3.63, 3.8) is 0 Å². The van der Waals surface area contributed by atoms with Crippen LogP contribution in [0.25, 0.3) is 0 Å². The molecule has 1 rings (SSSR count). The minimum Gasteiger partial charge on any atom is -0.393 e. The molecule has 0 saturated carbocycles. The average molecular weight is 196 g/mol. The van der Waals surface area contributed by atoms with Gasteiger partial charge in [0.1, 0.15) is 0 Å². The highest BCUT2D eigenvalue weighted by molar-refractivity contribution is 4.84. The zero-order valence-corrected chi connectivity index (χ0v) is 9.25. The topological polar surface area (TPSA) is 20.2 Å². The fraction of sp³-hybridized carbons (Fsp3) is 0.846. The second-order valence-corrected chi connectivity index (χ2v) is 4.41. The maximum absolute atomic E-state index is 9.61. The molecule has 0 aliphatic heterocycles. The zero-order chi connectivity index (χ0) is 10.1. The molecular formula is C13H24O. The van der Waals surface area contributed by atoms with E-state index < -0.39 is 0 Å². The highest BCUT2D eigenvalue weighted by Crippen LogP contribution is 2.13. The second kappa shape index (κ2) is 8.05. The van der Waals surface area contributed by atoms with Gasteiger partial charge in [0, 0.05) is 0 Å². The van der Waals surface area contributed by atoms with Crippen LogP contribution in [0.1, 0.15) is 64.2 Å². The summed E-state index contributed by atoms with van der Waals surface area (Å²) >= 11 is 0. The second-order valence-electron chi connectivity index (χ2n) is 4.41. The number of aliphatic hydroxyl groups is 1. The molecule has 1 nitrogen and oxygen atoms in total. The van der Waals surface area contributed by atoms with E-state index in [2.05, 4.69) is 12.2 Å². The largest absolute Gasteiger partial charge is 0.393 e. The van der Waals surface area contributed by atoms with Crippen molar-refractivity contribution in [3.05, 3.63) is 12.2 Å². The summed E-state index contributed by atoms with van der Waals surface area (Å²) in [6, 6.07) is 0. The fourth-order valence-electron chi connectivity index (χ4n) is 2.02. The molecule has 0 bridgehead atoms. The fourth-order valence-corrected chi connectivity index (χ4v) is 2.02. The molecule has 1 aliphatic rings. The third-order valence-corrected chi connectivity index (χ3v) is 2.98. The van der Waals surface area contributed by atoms with Crippen LogP contribution in [-0.2, 0) is 0 Å². The average Bonchev–Trinajstić information content (AvgIpc) is 2.20. The number of aliphatic hydroxyl groups excluding tert-OH is 1. The van der Waals surface area contributed by atoms with Crippen LogP contribution in [0.2, 0.25) is 0 Å². The first kappa shape index (κ1) is 11.8. The van der Waals surface area contributed by atoms with E-state index in [9.17, 15) is 5.11 Å². The number of allylic oxidation sites excluding steroid dienone is 1. The van der Waals surface area contributed by atoms with Crippen molar-refractivity contribution in [2.75, 3.05) is 0 Å². The van der Waals surface area contributed by atoms with E-state index in [0.29, 0.717) is 0 Å². The number of rotatable bonds is 0. The van der Waals surface area contributed by atoms with E-state index in [1.165, 1.54) is 51.4 Å². The first-order chi connectivity index (χ1) is 6.89. The monoisotopic (exact) mass is 196 g/mol. The predicted octanol–water partition coefficient (Wildman–Crippen LogP) is 3.82. The lowest BCUT2D eigenvalue weighted by Crippen LogP contribution is -2.04. The Morgan fingerprint density at radius 3 is 2.21 bits per heavy atom. The molecule has 1 aliphatic carbocycles. The van der Waals surface area contributed by atoms with Gasteiger partial charge in [-0.3, -0.25) is 0 Å². The molecule has 0 aromatic rings. The van der Waals surface area contributed by atoms with Crippen molar-refractivity contribution in [2.45, 2.75) is 70.3 Å². The highest BCUT2D eigenvalue weighted by atomic mass is 16.3. The van der Waals surface area contributed by atoms with Gasteiger partial charge in [-0.05, 0) is 25.7 Å². The van der Waals surface area contributed by atoms with Gasteiger partial charge in [-0.15, -0.1) is 0 Å². The SMILES string of the molecule is OC1C/C=C/CCCCCCCCC1. The summed E-state index contributed by atoms with van der Waals surface area (Å²) in [5.41, 5.74) is 0. The minimum atomic E-state index is -0.0907. The number of hydrogen-bond acceptors (Lipinski definition) is 1. The summed E-state index contributed by atoms with van der Waals surface area (Å²) in [5.74, 6) is 0. The van der Waals surface area contributed by atoms with Crippen molar-refractivity contribution in [3.8, 4) is 0 Å². The van der Waals surface area contributed by atoms with Gasteiger partial charge in [-0.2, -0.15) is 0 Å². The molecule has 0 amide bonds. The van der Waals surface area contributed by atoms with Crippen LogP contribution in [-0.4, -0.2) is 11.2 Å². The third kappa shape index (κ3) is 6.20. The summed E-state index contributed by atoms with van der Waals surface area (Å²) in [5, 5.41) is 9.61. The summed E-state index contributed by atoms with van der Waals surface area (Å²) in [6.07, 6.45) is 16.7. The Morgan fingerprint density at radius 1 is 0.786 bits per heavy atom. The van der Waals surface area contributed by atoms with Gasteiger partial charge >= 0.3 is 0 Å². The van der Waals surface area contributed by atoms with Crippen molar-refractivity contribution >= 4 is 0 Å². The van der Waals surface area contributed by atoms with Gasteiger partial charge in [-0.1, -0.05) is 50.7 Å². The first-order valence-corrected chi connectivity index (χ1v) is 6.22. The molecule has 0 saturated heterocycles. The lowest BCUT2D eigenvalue weighted by molar-refractivity contribution is 0.163. The van der Waals surface area contributed by atoms with Crippen LogP contribution in [0.5, 0.6) is 0 Å². The summed E-state index contributed by atoms with van der Waals surface area (Å²) < 4.78 is 0. The first-order valence-electron chi connectivity index (χ1n) is 6.22. The number of hydrogen-bond donors (Lipinski definition) is 1. The molecular weight excluding hydrogens is 172 g/mol. The molecule has 1 N–H and O–H groups in total. The van der Waals surface area contributed by atoms with Crippen molar-refractivity contribution in [1.82, 2.24) is 0 Å². The molecule has 0 aromatic carbocycles. The van der Waals surface area contributed by atoms with Gasteiger partial charge in [0.2, 0.25) is 0 Å². The Hall–Kier alpha value is -0.300. The molecule has 0 fully saturated rings. The Kier molecular flexibility index (Phi) is 6.77. The highest BCUT2D eigenvalue weighted by Gasteiger charge is 2.01. The molecule has 82 valence electrons. The maximum atomic E-state index is 9.61. The molecule has 1 unspecified atom stereocenters. The molecule has 0 aromatic heterocycles. The standard InChI is InChI=1S/C13H24O/c14-13-11-9-7-5-3-1-2-4-6-8-10-12-13/h7,9,13-14H,1-6,8,10-12H2/b9-7+. The molecule has 0 radical (unpaired) electrons. The van der Waals surface area contributed by atoms with E-state index in [1.807, 2.05) is 0 Å². The van der Waals surface area contributed by atoms with Gasteiger partial charge in [-0.25, -0.2) is 0 Å². The molecule has 14 heavy (non-hydrogen) atoms. The maximum Gasteiger partial charge on any atom is 0.0574 e. The summed E-state index contributed by atoms with van der Waals surface area (Å²) in [7, 11) is 0. The third-order valence-electron chi connectivity index (χ3n) is 2.98. The van der Waals surface area contributed by atoms with Crippen LogP contribution >= 0.6 is 0 Å². The van der Waals surface area contributed by atoms with E-state index in [-0.39, 0.29) is 6.10 Å². The van der Waals surface area contributed by atoms with E-state index in [0.717, 1.165) is 12.8 Å². The van der Waals surface area contributed by atoms with Crippen LogP contribution < -0.4 is 0 Å². The Balaban J connectivity index is 2.20. The minimum absolute atomic E-state index is 0.0907. The normalized spacial score (nSPS) is 29.6. The smallest absolute Gasteiger partial charge is 0.0574 e. The van der Waals surface area contributed by atoms with Gasteiger partial charge < -0.3 is 5.11 Å². The molecule has 1 atom stereocenters. The van der Waals surface area contributed by atoms with Crippen molar-refractivity contribution in [1.29, 1.82) is 0 Å². The quantitative estimate of drug-likeness (QED) is 0.584. The van der Waals surface area contributed by atoms with Gasteiger partial charge in [0.25, 0.3) is 0 Å². The van der Waals surface area contributed by atoms with Crippen LogP contribution in [0.3, 0.4) is 0 Å². The van der Waals surface area contributed by atoms with Crippen molar-refractivity contribution < 1.29 is 5.11 Å². The Labute approximate surface area is 88.2 Å². The Bertz CT molecular complexity index is 151. The van der Waals surface area contributed by atoms with Gasteiger partial charge in [0.05, 0.1) is 6.10 Å². The van der Waals surface area contributed by atoms with Crippen LogP contribution in [0.15, 0.2) is 12.2 Å². The van der Waals surface area contributed by atoms with Crippen LogP contribution in [0, 0.1) is 0 Å². The zero-order valence-electron chi connectivity index (χ0n) is 9.25. The molecule has 0 spiro atoms. The van der Waals surface area contributed by atoms with E-state index >= 15 is 0 Å². The predicted molar refractivity (Wildman–Crippen MR) is 61.3 cm³/mol. The lowest BCUT2D eigenvalue weighted by Gasteiger charge is -2.06. The molecule has 0 heterocycles. The van der Waals surface area contributed by atoms with Gasteiger partial charge in [0.15, 0.2) is 0 Å². The van der Waals surface area contributed by atoms with Crippen molar-refractivity contribution in [2.24, 2.45) is 0 Å².